The molecule has 1 rings (SSSR count). The predicted octanol–water partition coefficient (Wildman–Crippen LogP) is 1.42. The molecule has 0 aliphatic rings. The standard InChI is InChI=1S/C10H9F3N2O/c11-10(12,13)8-5-7(3-1-2-4-16)6-15-9(8)14/h5-6,16H,2,4H2,(H2,14,15). The summed E-state index contributed by atoms with van der Waals surface area (Å²) in [5.41, 5.74) is 4.23. The Kier molecular flexibility index (Phi) is 3.74. The molecule has 0 atom stereocenters. The van der Waals surface area contributed by atoms with Crippen molar-refractivity contribution in [3.05, 3.63) is 23.4 Å². The fourth-order valence-corrected chi connectivity index (χ4v) is 0.991. The summed E-state index contributed by atoms with van der Waals surface area (Å²) in [6.07, 6.45) is -3.17. The highest BCUT2D eigenvalue weighted by molar-refractivity contribution is 5.47. The molecule has 0 aromatic carbocycles. The van der Waals surface area contributed by atoms with Gasteiger partial charge in [-0.2, -0.15) is 13.2 Å². The van der Waals surface area contributed by atoms with Crippen molar-refractivity contribution in [2.24, 2.45) is 0 Å². The summed E-state index contributed by atoms with van der Waals surface area (Å²) < 4.78 is 37.2. The Morgan fingerprint density at radius 1 is 1.44 bits per heavy atom. The zero-order valence-corrected chi connectivity index (χ0v) is 8.17. The van der Waals surface area contributed by atoms with Crippen LogP contribution in [0.5, 0.6) is 0 Å². The maximum atomic E-state index is 12.4. The van der Waals surface area contributed by atoms with Crippen molar-refractivity contribution in [1.29, 1.82) is 0 Å². The Bertz CT molecular complexity index is 432. The highest BCUT2D eigenvalue weighted by atomic mass is 19.4. The van der Waals surface area contributed by atoms with Gasteiger partial charge in [-0.1, -0.05) is 11.8 Å². The fourth-order valence-electron chi connectivity index (χ4n) is 0.991. The van der Waals surface area contributed by atoms with E-state index in [4.69, 9.17) is 10.8 Å². The van der Waals surface area contributed by atoms with Crippen LogP contribution in [0.4, 0.5) is 19.0 Å². The predicted molar refractivity (Wildman–Crippen MR) is 52.2 cm³/mol. The molecule has 6 heteroatoms. The number of aromatic nitrogens is 1. The number of anilines is 1. The third kappa shape index (κ3) is 3.14. The molecule has 1 aromatic heterocycles. The number of nitrogens with two attached hydrogens (primary N) is 1. The average molecular weight is 230 g/mol. The van der Waals surface area contributed by atoms with Crippen LogP contribution < -0.4 is 5.73 Å². The van der Waals surface area contributed by atoms with Crippen molar-refractivity contribution in [2.75, 3.05) is 12.3 Å². The summed E-state index contributed by atoms with van der Waals surface area (Å²) >= 11 is 0. The van der Waals surface area contributed by atoms with Gasteiger partial charge in [0.05, 0.1) is 12.2 Å². The Balaban J connectivity index is 3.05. The van der Waals surface area contributed by atoms with Crippen LogP contribution >= 0.6 is 0 Å². The number of halogens is 3. The number of hydrogen-bond donors (Lipinski definition) is 2. The summed E-state index contributed by atoms with van der Waals surface area (Å²) in [6, 6.07) is 0.840. The van der Waals surface area contributed by atoms with Crippen molar-refractivity contribution in [3.63, 3.8) is 0 Å². The number of aliphatic hydroxyl groups is 1. The fraction of sp³-hybridized carbons (Fsp3) is 0.300. The Morgan fingerprint density at radius 2 is 2.12 bits per heavy atom. The third-order valence-corrected chi connectivity index (χ3v) is 1.69. The van der Waals surface area contributed by atoms with Gasteiger partial charge in [-0.25, -0.2) is 4.98 Å². The van der Waals surface area contributed by atoms with Crippen molar-refractivity contribution >= 4 is 5.82 Å². The van der Waals surface area contributed by atoms with E-state index in [0.717, 1.165) is 12.3 Å². The smallest absolute Gasteiger partial charge is 0.395 e. The first-order chi connectivity index (χ1) is 7.45. The molecule has 0 unspecified atom stereocenters. The molecule has 1 heterocycles. The second-order valence-corrected chi connectivity index (χ2v) is 2.93. The third-order valence-electron chi connectivity index (χ3n) is 1.69. The largest absolute Gasteiger partial charge is 0.419 e. The van der Waals surface area contributed by atoms with Gasteiger partial charge in [0.15, 0.2) is 0 Å². The molecule has 3 N–H and O–H groups in total. The number of nitrogens with zero attached hydrogens (tertiary/aromatic N) is 1. The maximum absolute atomic E-state index is 12.4. The summed E-state index contributed by atoms with van der Waals surface area (Å²) in [5, 5.41) is 8.45. The number of nitrogen functional groups attached to an aromatic ring is 1. The van der Waals surface area contributed by atoms with Gasteiger partial charge in [-0.15, -0.1) is 0 Å². The molecule has 86 valence electrons. The van der Waals surface area contributed by atoms with E-state index in [9.17, 15) is 13.2 Å². The van der Waals surface area contributed by atoms with Crippen LogP contribution in [0.2, 0.25) is 0 Å². The minimum absolute atomic E-state index is 0.120. The molecule has 0 radical (unpaired) electrons. The molecule has 0 aliphatic heterocycles. The molecule has 0 amide bonds. The molecule has 0 saturated carbocycles. The van der Waals surface area contributed by atoms with Crippen LogP contribution in [-0.4, -0.2) is 16.7 Å². The minimum Gasteiger partial charge on any atom is -0.395 e. The van der Waals surface area contributed by atoms with Crippen LogP contribution in [0, 0.1) is 11.8 Å². The van der Waals surface area contributed by atoms with E-state index in [-0.39, 0.29) is 18.6 Å². The van der Waals surface area contributed by atoms with E-state index < -0.39 is 17.6 Å². The maximum Gasteiger partial charge on any atom is 0.419 e. The molecule has 1 aromatic rings. The lowest BCUT2D eigenvalue weighted by molar-refractivity contribution is -0.137. The summed E-state index contributed by atoms with van der Waals surface area (Å²) in [5.74, 6) is 4.39. The van der Waals surface area contributed by atoms with Crippen LogP contribution in [-0.2, 0) is 6.18 Å². The molecule has 0 spiro atoms. The Hall–Kier alpha value is -1.74. The van der Waals surface area contributed by atoms with Gasteiger partial charge in [0, 0.05) is 18.2 Å². The Labute approximate surface area is 90.1 Å². The molecule has 3 nitrogen and oxygen atoms in total. The van der Waals surface area contributed by atoms with Gasteiger partial charge >= 0.3 is 6.18 Å². The number of aliphatic hydroxyl groups excluding tert-OH is 1. The van der Waals surface area contributed by atoms with Crippen LogP contribution in [0.1, 0.15) is 17.5 Å². The Morgan fingerprint density at radius 3 is 2.69 bits per heavy atom. The van der Waals surface area contributed by atoms with Crippen LogP contribution in [0.15, 0.2) is 12.3 Å². The molecule has 0 fully saturated rings. The van der Waals surface area contributed by atoms with E-state index in [2.05, 4.69) is 16.8 Å². The second kappa shape index (κ2) is 4.86. The van der Waals surface area contributed by atoms with Crippen molar-refractivity contribution in [2.45, 2.75) is 12.6 Å². The van der Waals surface area contributed by atoms with E-state index in [1.165, 1.54) is 0 Å². The average Bonchev–Trinajstić information content (AvgIpc) is 2.19. The van der Waals surface area contributed by atoms with Gasteiger partial charge in [0.2, 0.25) is 0 Å². The summed E-state index contributed by atoms with van der Waals surface area (Å²) in [4.78, 5) is 3.42. The number of alkyl halides is 3. The van der Waals surface area contributed by atoms with E-state index in [1.54, 1.807) is 0 Å². The minimum atomic E-state index is -4.54. The summed E-state index contributed by atoms with van der Waals surface area (Å²) in [6.45, 7) is -0.137. The van der Waals surface area contributed by atoms with Crippen molar-refractivity contribution in [3.8, 4) is 11.8 Å². The first kappa shape index (κ1) is 12.3. The number of hydrogen-bond acceptors (Lipinski definition) is 3. The van der Waals surface area contributed by atoms with Crippen molar-refractivity contribution < 1.29 is 18.3 Å². The molecular weight excluding hydrogens is 221 g/mol. The lowest BCUT2D eigenvalue weighted by atomic mass is 10.2. The normalized spacial score (nSPS) is 10.8. The summed E-state index contributed by atoms with van der Waals surface area (Å²) in [7, 11) is 0. The van der Waals surface area contributed by atoms with E-state index in [1.807, 2.05) is 0 Å². The van der Waals surface area contributed by atoms with Crippen molar-refractivity contribution in [1.82, 2.24) is 4.98 Å². The highest BCUT2D eigenvalue weighted by Crippen LogP contribution is 2.32. The molecule has 0 aliphatic carbocycles. The highest BCUT2D eigenvalue weighted by Gasteiger charge is 2.33. The van der Waals surface area contributed by atoms with Gasteiger partial charge in [0.1, 0.15) is 5.82 Å². The SMILES string of the molecule is Nc1ncc(C#CCCO)cc1C(F)(F)F. The van der Waals surface area contributed by atoms with Crippen LogP contribution in [0.3, 0.4) is 0 Å². The van der Waals surface area contributed by atoms with Gasteiger partial charge in [-0.05, 0) is 6.07 Å². The lowest BCUT2D eigenvalue weighted by Gasteiger charge is -2.08. The quantitative estimate of drug-likeness (QED) is 0.717. The van der Waals surface area contributed by atoms with Crippen LogP contribution in [0.25, 0.3) is 0 Å². The van der Waals surface area contributed by atoms with E-state index >= 15 is 0 Å². The second-order valence-electron chi connectivity index (χ2n) is 2.93. The first-order valence-corrected chi connectivity index (χ1v) is 4.37. The zero-order valence-electron chi connectivity index (χ0n) is 8.17. The van der Waals surface area contributed by atoms with Gasteiger partial charge in [-0.3, -0.25) is 0 Å². The lowest BCUT2D eigenvalue weighted by Crippen LogP contribution is -2.10. The molecule has 0 bridgehead atoms. The molecule has 0 saturated heterocycles. The number of rotatable bonds is 1. The molecular formula is C10H9F3N2O. The van der Waals surface area contributed by atoms with Gasteiger partial charge < -0.3 is 10.8 Å². The topological polar surface area (TPSA) is 59.1 Å². The molecule has 16 heavy (non-hydrogen) atoms. The van der Waals surface area contributed by atoms with E-state index in [0.29, 0.717) is 0 Å². The number of pyridine rings is 1. The van der Waals surface area contributed by atoms with Gasteiger partial charge in [0.25, 0.3) is 0 Å². The monoisotopic (exact) mass is 230 g/mol. The first-order valence-electron chi connectivity index (χ1n) is 4.37. The zero-order chi connectivity index (χ0) is 12.2.